The molecular weight excluding hydrogens is 320 g/mol. The minimum atomic E-state index is -3.61. The molecule has 0 unspecified atom stereocenters. The number of carbonyl (C=O) groups is 2. The van der Waals surface area contributed by atoms with Crippen molar-refractivity contribution in [2.24, 2.45) is 5.73 Å². The lowest BCUT2D eigenvalue weighted by Gasteiger charge is -2.07. The first kappa shape index (κ1) is 18.6. The zero-order chi connectivity index (χ0) is 17.5. The number of rotatable bonds is 5. The smallest absolute Gasteiger partial charge is 0.300 e. The number of carboxylic acid groups (broad SMARTS) is 1. The summed E-state index contributed by atoms with van der Waals surface area (Å²) in [5, 5.41) is 9.24. The van der Waals surface area contributed by atoms with E-state index in [1.807, 2.05) is 24.3 Å². The Labute approximate surface area is 134 Å². The first-order valence-electron chi connectivity index (χ1n) is 6.68. The molecule has 2 aromatic carbocycles. The Bertz CT molecular complexity index is 798. The van der Waals surface area contributed by atoms with Crippen molar-refractivity contribution in [2.45, 2.75) is 18.2 Å². The number of hydrogen-bond acceptors (Lipinski definition) is 4. The van der Waals surface area contributed by atoms with Gasteiger partial charge in [0.1, 0.15) is 0 Å². The molecule has 0 fully saturated rings. The molecule has 0 spiro atoms. The molecule has 0 radical (unpaired) electrons. The summed E-state index contributed by atoms with van der Waals surface area (Å²) in [7, 11) is -3.61. The fourth-order valence-corrected chi connectivity index (χ4v) is 2.79. The molecule has 0 aliphatic rings. The summed E-state index contributed by atoms with van der Waals surface area (Å²) in [6.07, 6.45) is -0.0210. The lowest BCUT2D eigenvalue weighted by atomic mass is 10.1. The number of fused-ring (bicyclic) bond motifs is 1. The van der Waals surface area contributed by atoms with Gasteiger partial charge in [0.25, 0.3) is 5.97 Å². The summed E-state index contributed by atoms with van der Waals surface area (Å²) in [6.45, 7) is 1.09. The molecule has 4 N–H and O–H groups in total. The van der Waals surface area contributed by atoms with Crippen LogP contribution in [0.5, 0.6) is 0 Å². The van der Waals surface area contributed by atoms with Crippen molar-refractivity contribution in [3.05, 3.63) is 42.5 Å². The van der Waals surface area contributed by atoms with E-state index in [-0.39, 0.29) is 17.9 Å². The van der Waals surface area contributed by atoms with Crippen LogP contribution in [0.25, 0.3) is 10.8 Å². The molecular formula is C15H18N2O5S. The van der Waals surface area contributed by atoms with Crippen molar-refractivity contribution in [2.75, 3.05) is 6.54 Å². The normalized spacial score (nSPS) is 10.7. The number of sulfonamides is 1. The van der Waals surface area contributed by atoms with Gasteiger partial charge in [0.05, 0.1) is 4.90 Å². The number of primary amides is 1. The minimum Gasteiger partial charge on any atom is -0.481 e. The number of benzene rings is 2. The van der Waals surface area contributed by atoms with Gasteiger partial charge in [0.2, 0.25) is 15.9 Å². The second-order valence-electron chi connectivity index (χ2n) is 4.64. The van der Waals surface area contributed by atoms with E-state index in [1.54, 1.807) is 12.1 Å². The number of nitrogens with one attached hydrogen (secondary N) is 1. The zero-order valence-corrected chi connectivity index (χ0v) is 13.3. The molecule has 0 bridgehead atoms. The van der Waals surface area contributed by atoms with Gasteiger partial charge in [-0.3, -0.25) is 9.59 Å². The van der Waals surface area contributed by atoms with Crippen LogP contribution in [0, 0.1) is 0 Å². The average Bonchev–Trinajstić information content (AvgIpc) is 2.45. The maximum Gasteiger partial charge on any atom is 0.300 e. The second kappa shape index (κ2) is 8.25. The number of aliphatic carboxylic acids is 1. The topological polar surface area (TPSA) is 127 Å². The highest BCUT2D eigenvalue weighted by Gasteiger charge is 2.13. The lowest BCUT2D eigenvalue weighted by molar-refractivity contribution is -0.134. The number of amides is 1. The van der Waals surface area contributed by atoms with Gasteiger partial charge in [-0.05, 0) is 22.9 Å². The van der Waals surface area contributed by atoms with Gasteiger partial charge in [0.15, 0.2) is 0 Å². The summed E-state index contributed by atoms with van der Waals surface area (Å²) in [6, 6.07) is 12.4. The van der Waals surface area contributed by atoms with Crippen molar-refractivity contribution in [1.82, 2.24) is 4.72 Å². The third-order valence-electron chi connectivity index (χ3n) is 2.69. The van der Waals surface area contributed by atoms with Crippen LogP contribution in [0.15, 0.2) is 47.4 Å². The van der Waals surface area contributed by atoms with Gasteiger partial charge < -0.3 is 10.8 Å². The minimum absolute atomic E-state index is 0.00446. The molecule has 23 heavy (non-hydrogen) atoms. The summed E-state index contributed by atoms with van der Waals surface area (Å²) < 4.78 is 26.3. The van der Waals surface area contributed by atoms with E-state index in [2.05, 4.69) is 4.72 Å². The zero-order valence-electron chi connectivity index (χ0n) is 12.5. The summed E-state index contributed by atoms with van der Waals surface area (Å²) in [5.74, 6) is -1.37. The average molecular weight is 338 g/mol. The van der Waals surface area contributed by atoms with Gasteiger partial charge in [-0.1, -0.05) is 30.3 Å². The molecule has 2 rings (SSSR count). The number of carbonyl (C=O) groups excluding carboxylic acids is 1. The van der Waals surface area contributed by atoms with Crippen molar-refractivity contribution in [1.29, 1.82) is 0 Å². The van der Waals surface area contributed by atoms with Gasteiger partial charge in [-0.2, -0.15) is 0 Å². The first-order valence-corrected chi connectivity index (χ1v) is 8.17. The van der Waals surface area contributed by atoms with Gasteiger partial charge in [-0.25, -0.2) is 13.1 Å². The molecule has 8 heteroatoms. The number of carboxylic acids is 1. The molecule has 0 saturated heterocycles. The molecule has 0 saturated carbocycles. The van der Waals surface area contributed by atoms with E-state index in [0.29, 0.717) is 0 Å². The molecule has 0 aromatic heterocycles. The highest BCUT2D eigenvalue weighted by molar-refractivity contribution is 7.89. The molecule has 7 nitrogen and oxygen atoms in total. The molecule has 0 aliphatic heterocycles. The Morgan fingerprint density at radius 2 is 1.70 bits per heavy atom. The van der Waals surface area contributed by atoms with Crippen molar-refractivity contribution < 1.29 is 23.1 Å². The van der Waals surface area contributed by atoms with Gasteiger partial charge in [0, 0.05) is 19.9 Å². The van der Waals surface area contributed by atoms with E-state index in [0.717, 1.165) is 17.7 Å². The Morgan fingerprint density at radius 1 is 1.13 bits per heavy atom. The SMILES string of the molecule is CC(=O)O.NC(=O)CCNS(=O)(=O)c1ccc2ccccc2c1. The van der Waals surface area contributed by atoms with Crippen LogP contribution < -0.4 is 10.5 Å². The van der Waals surface area contributed by atoms with E-state index < -0.39 is 21.9 Å². The Hall–Kier alpha value is -2.45. The first-order chi connectivity index (χ1) is 10.7. The maximum atomic E-state index is 12.0. The summed E-state index contributed by atoms with van der Waals surface area (Å²) in [4.78, 5) is 19.8. The molecule has 2 aromatic rings. The molecule has 1 amide bonds. The van der Waals surface area contributed by atoms with Crippen LogP contribution >= 0.6 is 0 Å². The quantitative estimate of drug-likeness (QED) is 0.752. The van der Waals surface area contributed by atoms with Crippen LogP contribution in [-0.2, 0) is 19.6 Å². The fraction of sp³-hybridized carbons (Fsp3) is 0.200. The van der Waals surface area contributed by atoms with E-state index in [4.69, 9.17) is 15.6 Å². The Balaban J connectivity index is 0.000000593. The van der Waals surface area contributed by atoms with Crippen molar-refractivity contribution in [3.63, 3.8) is 0 Å². The standard InChI is InChI=1S/C13H14N2O3S.C2H4O2/c14-13(16)7-8-15-19(17,18)12-6-5-10-3-1-2-4-11(10)9-12;1-2(3)4/h1-6,9,15H,7-8H2,(H2,14,16);1H3,(H,3,4). The van der Waals surface area contributed by atoms with Crippen LogP contribution in [0.4, 0.5) is 0 Å². The maximum absolute atomic E-state index is 12.0. The highest BCUT2D eigenvalue weighted by Crippen LogP contribution is 2.18. The van der Waals surface area contributed by atoms with Gasteiger partial charge >= 0.3 is 0 Å². The predicted molar refractivity (Wildman–Crippen MR) is 86.3 cm³/mol. The fourth-order valence-electron chi connectivity index (χ4n) is 1.73. The van der Waals surface area contributed by atoms with E-state index in [1.165, 1.54) is 6.07 Å². The largest absolute Gasteiger partial charge is 0.481 e. The van der Waals surface area contributed by atoms with E-state index in [9.17, 15) is 13.2 Å². The molecule has 0 atom stereocenters. The van der Waals surface area contributed by atoms with Crippen molar-refractivity contribution in [3.8, 4) is 0 Å². The van der Waals surface area contributed by atoms with E-state index >= 15 is 0 Å². The van der Waals surface area contributed by atoms with Crippen LogP contribution in [0.3, 0.4) is 0 Å². The molecule has 124 valence electrons. The number of hydrogen-bond donors (Lipinski definition) is 3. The Kier molecular flexibility index (Phi) is 6.67. The second-order valence-corrected chi connectivity index (χ2v) is 6.41. The van der Waals surface area contributed by atoms with Crippen LogP contribution in [0.2, 0.25) is 0 Å². The summed E-state index contributed by atoms with van der Waals surface area (Å²) >= 11 is 0. The molecule has 0 heterocycles. The summed E-state index contributed by atoms with van der Waals surface area (Å²) in [5.41, 5.74) is 4.96. The monoisotopic (exact) mass is 338 g/mol. The Morgan fingerprint density at radius 3 is 2.26 bits per heavy atom. The molecule has 0 aliphatic carbocycles. The highest BCUT2D eigenvalue weighted by atomic mass is 32.2. The third-order valence-corrected chi connectivity index (χ3v) is 4.15. The predicted octanol–water partition coefficient (Wildman–Crippen LogP) is 1.08. The number of nitrogens with two attached hydrogens (primary N) is 1. The van der Waals surface area contributed by atoms with Crippen molar-refractivity contribution >= 4 is 32.7 Å². The van der Waals surface area contributed by atoms with Crippen LogP contribution in [0.1, 0.15) is 13.3 Å². The van der Waals surface area contributed by atoms with Gasteiger partial charge in [-0.15, -0.1) is 0 Å². The third kappa shape index (κ3) is 6.45. The van der Waals surface area contributed by atoms with Crippen LogP contribution in [-0.4, -0.2) is 31.9 Å². The lowest BCUT2D eigenvalue weighted by Crippen LogP contribution is -2.28.